The summed E-state index contributed by atoms with van der Waals surface area (Å²) in [5.74, 6) is -0.955. The van der Waals surface area contributed by atoms with Gasteiger partial charge >= 0.3 is 11.9 Å². The lowest BCUT2D eigenvalue weighted by atomic mass is 10.2. The first-order valence-electron chi connectivity index (χ1n) is 8.10. The van der Waals surface area contributed by atoms with Gasteiger partial charge in [0.25, 0.3) is 0 Å². The number of benzene rings is 2. The normalized spacial score (nSPS) is 10.4. The molecule has 2 N–H and O–H groups in total. The molecular formula is C20H19NO7. The summed E-state index contributed by atoms with van der Waals surface area (Å²) in [5.41, 5.74) is 6.12. The number of hydrogen-bond acceptors (Lipinski definition) is 7. The Morgan fingerprint density at radius 2 is 1.82 bits per heavy atom. The molecule has 0 aromatic heterocycles. The molecule has 8 nitrogen and oxygen atoms in total. The number of hydrogen-bond donors (Lipinski definition) is 1. The summed E-state index contributed by atoms with van der Waals surface area (Å²) in [6.45, 7) is -0.380. The number of carbonyl (C=O) groups is 3. The Bertz CT molecular complexity index is 905. The number of methoxy groups -OCH3 is 2. The van der Waals surface area contributed by atoms with Crippen LogP contribution in [-0.2, 0) is 14.3 Å². The molecule has 146 valence electrons. The van der Waals surface area contributed by atoms with Crippen molar-refractivity contribution in [2.24, 2.45) is 5.73 Å². The van der Waals surface area contributed by atoms with E-state index >= 15 is 0 Å². The molecular weight excluding hydrogens is 366 g/mol. The van der Waals surface area contributed by atoms with Crippen LogP contribution < -0.4 is 19.9 Å². The molecule has 0 aliphatic carbocycles. The van der Waals surface area contributed by atoms with Crippen LogP contribution in [0.4, 0.5) is 0 Å². The molecule has 2 aromatic carbocycles. The number of nitrogens with two attached hydrogens (primary N) is 1. The van der Waals surface area contributed by atoms with Gasteiger partial charge in [0.05, 0.1) is 14.2 Å². The zero-order valence-corrected chi connectivity index (χ0v) is 15.3. The first kappa shape index (κ1) is 20.5. The number of primary amides is 1. The van der Waals surface area contributed by atoms with Gasteiger partial charge in [-0.3, -0.25) is 4.79 Å². The van der Waals surface area contributed by atoms with Crippen LogP contribution in [0.2, 0.25) is 0 Å². The molecule has 0 saturated carbocycles. The lowest BCUT2D eigenvalue weighted by molar-refractivity contribution is -0.137. The van der Waals surface area contributed by atoms with Crippen LogP contribution >= 0.6 is 0 Å². The third-order valence-corrected chi connectivity index (χ3v) is 3.50. The van der Waals surface area contributed by atoms with Crippen molar-refractivity contribution >= 4 is 23.9 Å². The fourth-order valence-electron chi connectivity index (χ4n) is 2.14. The lowest BCUT2D eigenvalue weighted by Gasteiger charge is -2.11. The molecule has 0 aliphatic rings. The van der Waals surface area contributed by atoms with E-state index in [0.717, 1.165) is 0 Å². The molecule has 2 rings (SSSR count). The third kappa shape index (κ3) is 5.87. The molecule has 0 aliphatic heterocycles. The summed E-state index contributed by atoms with van der Waals surface area (Å²) in [4.78, 5) is 34.4. The third-order valence-electron chi connectivity index (χ3n) is 3.50. The number of rotatable bonds is 8. The maximum atomic E-state index is 12.0. The van der Waals surface area contributed by atoms with Gasteiger partial charge in [-0.15, -0.1) is 0 Å². The molecule has 1 amide bonds. The van der Waals surface area contributed by atoms with E-state index < -0.39 is 17.8 Å². The predicted molar refractivity (Wildman–Crippen MR) is 100 cm³/mol. The molecule has 0 fully saturated rings. The fraction of sp³-hybridized carbons (Fsp3) is 0.150. The average Bonchev–Trinajstić information content (AvgIpc) is 2.71. The van der Waals surface area contributed by atoms with Gasteiger partial charge in [0.2, 0.25) is 5.91 Å². The minimum Gasteiger partial charge on any atom is -0.493 e. The quantitative estimate of drug-likeness (QED) is 0.420. The summed E-state index contributed by atoms with van der Waals surface area (Å²) >= 11 is 0. The average molecular weight is 385 g/mol. The van der Waals surface area contributed by atoms with Crippen molar-refractivity contribution in [1.82, 2.24) is 0 Å². The van der Waals surface area contributed by atoms with Crippen LogP contribution in [0.3, 0.4) is 0 Å². The van der Waals surface area contributed by atoms with Crippen molar-refractivity contribution in [1.29, 1.82) is 0 Å². The van der Waals surface area contributed by atoms with Crippen molar-refractivity contribution < 1.29 is 33.3 Å². The van der Waals surface area contributed by atoms with E-state index in [-0.39, 0.29) is 17.9 Å². The minimum atomic E-state index is -0.666. The number of carbonyl (C=O) groups excluding carboxylic acids is 3. The summed E-state index contributed by atoms with van der Waals surface area (Å²) in [7, 11) is 2.70. The molecule has 0 heterocycles. The van der Waals surface area contributed by atoms with E-state index in [2.05, 4.69) is 4.74 Å². The molecule has 0 bridgehead atoms. The van der Waals surface area contributed by atoms with E-state index in [1.54, 1.807) is 24.3 Å². The van der Waals surface area contributed by atoms with Crippen LogP contribution in [0.5, 0.6) is 17.2 Å². The zero-order chi connectivity index (χ0) is 20.5. The standard InChI is InChI=1S/C20H19NO7/c1-25-17-10-13(7-9-18(22)26-2)6-8-16(17)28-19(23)12-27-15-5-3-4-14(11-15)20(21)24/h3-11H,12H2,1-2H3,(H2,21,24)/b9-7+. The zero-order valence-electron chi connectivity index (χ0n) is 15.3. The van der Waals surface area contributed by atoms with Gasteiger partial charge in [-0.1, -0.05) is 12.1 Å². The highest BCUT2D eigenvalue weighted by molar-refractivity contribution is 5.93. The van der Waals surface area contributed by atoms with Gasteiger partial charge in [-0.25, -0.2) is 9.59 Å². The molecule has 0 spiro atoms. The Morgan fingerprint density at radius 1 is 1.04 bits per heavy atom. The van der Waals surface area contributed by atoms with Crippen molar-refractivity contribution in [3.05, 3.63) is 59.7 Å². The SMILES string of the molecule is COC(=O)/C=C/c1ccc(OC(=O)COc2cccc(C(N)=O)c2)c(OC)c1. The van der Waals surface area contributed by atoms with Crippen LogP contribution in [0.15, 0.2) is 48.5 Å². The van der Waals surface area contributed by atoms with E-state index in [1.807, 2.05) is 0 Å². The molecule has 0 unspecified atom stereocenters. The monoisotopic (exact) mass is 385 g/mol. The second kappa shape index (κ2) is 9.77. The molecule has 0 atom stereocenters. The summed E-state index contributed by atoms with van der Waals surface area (Å²) in [5, 5.41) is 0. The molecule has 0 saturated heterocycles. The van der Waals surface area contributed by atoms with E-state index in [4.69, 9.17) is 19.9 Å². The van der Waals surface area contributed by atoms with E-state index in [9.17, 15) is 14.4 Å². The van der Waals surface area contributed by atoms with Gasteiger partial charge in [-0.05, 0) is 42.0 Å². The predicted octanol–water partition coefficient (Wildman–Crippen LogP) is 1.96. The van der Waals surface area contributed by atoms with Crippen LogP contribution in [0.25, 0.3) is 6.08 Å². The first-order valence-corrected chi connectivity index (χ1v) is 8.10. The van der Waals surface area contributed by atoms with E-state index in [1.165, 1.54) is 44.6 Å². The maximum Gasteiger partial charge on any atom is 0.349 e. The highest BCUT2D eigenvalue weighted by atomic mass is 16.6. The molecule has 0 radical (unpaired) electrons. The topological polar surface area (TPSA) is 114 Å². The van der Waals surface area contributed by atoms with Gasteiger partial charge in [0, 0.05) is 11.6 Å². The Kier molecular flexibility index (Phi) is 7.15. The largest absolute Gasteiger partial charge is 0.493 e. The maximum absolute atomic E-state index is 12.0. The molecule has 28 heavy (non-hydrogen) atoms. The summed E-state index contributed by atoms with van der Waals surface area (Å²) < 4.78 is 20.3. The number of ether oxygens (including phenoxy) is 4. The van der Waals surface area contributed by atoms with E-state index in [0.29, 0.717) is 17.1 Å². The van der Waals surface area contributed by atoms with Crippen molar-refractivity contribution in [2.45, 2.75) is 0 Å². The summed E-state index contributed by atoms with van der Waals surface area (Å²) in [6, 6.07) is 10.9. The minimum absolute atomic E-state index is 0.192. The van der Waals surface area contributed by atoms with Gasteiger partial charge in [0.15, 0.2) is 18.1 Å². The number of esters is 2. The van der Waals surface area contributed by atoms with Gasteiger partial charge in [-0.2, -0.15) is 0 Å². The Hall–Kier alpha value is -3.81. The van der Waals surface area contributed by atoms with Crippen LogP contribution in [0, 0.1) is 0 Å². The van der Waals surface area contributed by atoms with Gasteiger partial charge in [0.1, 0.15) is 5.75 Å². The van der Waals surface area contributed by atoms with Crippen molar-refractivity contribution in [3.63, 3.8) is 0 Å². The highest BCUT2D eigenvalue weighted by Gasteiger charge is 2.12. The van der Waals surface area contributed by atoms with Crippen molar-refractivity contribution in [3.8, 4) is 17.2 Å². The fourth-order valence-corrected chi connectivity index (χ4v) is 2.14. The number of amides is 1. The second-order valence-corrected chi connectivity index (χ2v) is 5.42. The Morgan fingerprint density at radius 3 is 2.50 bits per heavy atom. The highest BCUT2D eigenvalue weighted by Crippen LogP contribution is 2.28. The molecule has 8 heteroatoms. The van der Waals surface area contributed by atoms with Crippen molar-refractivity contribution in [2.75, 3.05) is 20.8 Å². The Labute approximate surface area is 161 Å². The molecule has 2 aromatic rings. The second-order valence-electron chi connectivity index (χ2n) is 5.42. The lowest BCUT2D eigenvalue weighted by Crippen LogP contribution is -2.18. The van der Waals surface area contributed by atoms with Crippen LogP contribution in [-0.4, -0.2) is 38.7 Å². The first-order chi connectivity index (χ1) is 13.4. The Balaban J connectivity index is 2.01. The van der Waals surface area contributed by atoms with Crippen LogP contribution in [0.1, 0.15) is 15.9 Å². The summed E-state index contributed by atoms with van der Waals surface area (Å²) in [6.07, 6.45) is 2.79. The van der Waals surface area contributed by atoms with Gasteiger partial charge < -0.3 is 24.7 Å². The smallest absolute Gasteiger partial charge is 0.349 e.